The second-order valence-corrected chi connectivity index (χ2v) is 8.09. The molecule has 0 unspecified atom stereocenters. The number of ether oxygens (including phenoxy) is 1. The number of carbonyl (C=O) groups excluding carboxylic acids is 2. The predicted octanol–water partition coefficient (Wildman–Crippen LogP) is 3.71. The lowest BCUT2D eigenvalue weighted by molar-refractivity contribution is -0.127. The van der Waals surface area contributed by atoms with E-state index in [1.165, 1.54) is 6.08 Å². The molecule has 1 aliphatic rings. The first kappa shape index (κ1) is 22.3. The average Bonchev–Trinajstić information content (AvgIpc) is 3.13. The summed E-state index contributed by atoms with van der Waals surface area (Å²) in [7, 11) is 1.56. The molecule has 7 heteroatoms. The molecule has 2 heterocycles. The van der Waals surface area contributed by atoms with Crippen molar-refractivity contribution in [1.82, 2.24) is 15.2 Å². The molecule has 170 valence electrons. The molecule has 7 nitrogen and oxygen atoms in total. The first-order chi connectivity index (χ1) is 16.0. The van der Waals surface area contributed by atoms with Gasteiger partial charge in [-0.25, -0.2) is 0 Å². The topological polar surface area (TPSA) is 91.5 Å². The van der Waals surface area contributed by atoms with Gasteiger partial charge in [-0.1, -0.05) is 31.0 Å². The van der Waals surface area contributed by atoms with Gasteiger partial charge in [-0.3, -0.25) is 14.4 Å². The zero-order valence-electron chi connectivity index (χ0n) is 18.6. The number of aromatic amines is 1. The number of H-pyrrole nitrogens is 1. The van der Waals surface area contributed by atoms with E-state index in [-0.39, 0.29) is 17.2 Å². The van der Waals surface area contributed by atoms with Crippen molar-refractivity contribution in [3.05, 3.63) is 81.8 Å². The SMILES string of the molecule is COc1ccc2cc(/C=C(\NC(=O)c3ccccc3)C(=O)N3CCCCCC3)c(=O)[nH]c2c1. The van der Waals surface area contributed by atoms with E-state index in [4.69, 9.17) is 4.74 Å². The summed E-state index contributed by atoms with van der Waals surface area (Å²) >= 11 is 0. The van der Waals surface area contributed by atoms with Gasteiger partial charge in [-0.05, 0) is 54.6 Å². The lowest BCUT2D eigenvalue weighted by atomic mass is 10.1. The Hall–Kier alpha value is -3.87. The van der Waals surface area contributed by atoms with Crippen LogP contribution < -0.4 is 15.6 Å². The molecule has 1 fully saturated rings. The minimum absolute atomic E-state index is 0.0871. The Morgan fingerprint density at radius 1 is 1.00 bits per heavy atom. The molecule has 33 heavy (non-hydrogen) atoms. The van der Waals surface area contributed by atoms with E-state index in [2.05, 4.69) is 10.3 Å². The van der Waals surface area contributed by atoms with Crippen molar-refractivity contribution in [2.75, 3.05) is 20.2 Å². The molecule has 0 bridgehead atoms. The van der Waals surface area contributed by atoms with Crippen molar-refractivity contribution < 1.29 is 14.3 Å². The van der Waals surface area contributed by atoms with Crippen LogP contribution in [0.5, 0.6) is 5.75 Å². The van der Waals surface area contributed by atoms with Gasteiger partial charge in [0, 0.05) is 30.3 Å². The van der Waals surface area contributed by atoms with Crippen LogP contribution in [-0.2, 0) is 4.79 Å². The largest absolute Gasteiger partial charge is 0.497 e. The smallest absolute Gasteiger partial charge is 0.270 e. The molecular formula is C26H27N3O4. The summed E-state index contributed by atoms with van der Waals surface area (Å²) in [5.74, 6) is -0.0454. The maximum absolute atomic E-state index is 13.4. The van der Waals surface area contributed by atoms with Gasteiger partial charge in [0.05, 0.1) is 12.6 Å². The fraction of sp³-hybridized carbons (Fsp3) is 0.269. The monoisotopic (exact) mass is 445 g/mol. The van der Waals surface area contributed by atoms with Gasteiger partial charge < -0.3 is 19.9 Å². The zero-order chi connectivity index (χ0) is 23.2. The number of pyridine rings is 1. The molecule has 1 aromatic heterocycles. The number of hydrogen-bond donors (Lipinski definition) is 2. The summed E-state index contributed by atoms with van der Waals surface area (Å²) in [6, 6.07) is 15.8. The number of methoxy groups -OCH3 is 1. The Bertz CT molecular complexity index is 1240. The quantitative estimate of drug-likeness (QED) is 0.586. The summed E-state index contributed by atoms with van der Waals surface area (Å²) in [6.07, 6.45) is 5.46. The van der Waals surface area contributed by atoms with Gasteiger partial charge in [0.1, 0.15) is 11.4 Å². The fourth-order valence-corrected chi connectivity index (χ4v) is 3.97. The molecule has 3 aromatic rings. The Kier molecular flexibility index (Phi) is 6.88. The number of likely N-dealkylation sites (tertiary alicyclic amines) is 1. The van der Waals surface area contributed by atoms with Gasteiger partial charge in [-0.15, -0.1) is 0 Å². The highest BCUT2D eigenvalue weighted by Gasteiger charge is 2.22. The highest BCUT2D eigenvalue weighted by Crippen LogP contribution is 2.20. The van der Waals surface area contributed by atoms with Crippen LogP contribution in [0.3, 0.4) is 0 Å². The van der Waals surface area contributed by atoms with Crippen LogP contribution in [0.25, 0.3) is 17.0 Å². The lowest BCUT2D eigenvalue weighted by Gasteiger charge is -2.22. The van der Waals surface area contributed by atoms with Crippen LogP contribution in [-0.4, -0.2) is 41.9 Å². The summed E-state index contributed by atoms with van der Waals surface area (Å²) in [4.78, 5) is 43.6. The van der Waals surface area contributed by atoms with E-state index in [1.807, 2.05) is 12.1 Å². The molecular weight excluding hydrogens is 418 g/mol. The molecule has 2 N–H and O–H groups in total. The molecule has 2 aromatic carbocycles. The van der Waals surface area contributed by atoms with Crippen LogP contribution in [0.4, 0.5) is 0 Å². The number of nitrogens with one attached hydrogen (secondary N) is 2. The van der Waals surface area contributed by atoms with E-state index in [0.717, 1.165) is 31.1 Å². The summed E-state index contributed by atoms with van der Waals surface area (Å²) in [5, 5.41) is 3.54. The Morgan fingerprint density at radius 2 is 1.73 bits per heavy atom. The third-order valence-electron chi connectivity index (χ3n) is 5.79. The minimum Gasteiger partial charge on any atom is -0.497 e. The number of aromatic nitrogens is 1. The van der Waals surface area contributed by atoms with Crippen molar-refractivity contribution in [2.45, 2.75) is 25.7 Å². The average molecular weight is 446 g/mol. The third-order valence-corrected chi connectivity index (χ3v) is 5.79. The molecule has 0 radical (unpaired) electrons. The number of carbonyl (C=O) groups is 2. The number of amides is 2. The van der Waals surface area contributed by atoms with Gasteiger partial charge >= 0.3 is 0 Å². The van der Waals surface area contributed by atoms with E-state index in [9.17, 15) is 14.4 Å². The van der Waals surface area contributed by atoms with Crippen LogP contribution in [0.15, 0.2) is 65.1 Å². The van der Waals surface area contributed by atoms with Gasteiger partial charge in [-0.2, -0.15) is 0 Å². The van der Waals surface area contributed by atoms with Crippen LogP contribution in [0, 0.1) is 0 Å². The van der Waals surface area contributed by atoms with Crippen LogP contribution >= 0.6 is 0 Å². The predicted molar refractivity (Wildman–Crippen MR) is 128 cm³/mol. The Balaban J connectivity index is 1.72. The number of rotatable bonds is 5. The van der Waals surface area contributed by atoms with Crippen molar-refractivity contribution in [2.24, 2.45) is 0 Å². The Labute approximate surface area is 192 Å². The number of hydrogen-bond acceptors (Lipinski definition) is 4. The Morgan fingerprint density at radius 3 is 2.42 bits per heavy atom. The molecule has 1 aliphatic heterocycles. The molecule has 1 saturated heterocycles. The maximum atomic E-state index is 13.4. The molecule has 0 saturated carbocycles. The molecule has 0 atom stereocenters. The molecule has 4 rings (SSSR count). The highest BCUT2D eigenvalue weighted by atomic mass is 16.5. The van der Waals surface area contributed by atoms with Crippen LogP contribution in [0.1, 0.15) is 41.6 Å². The number of nitrogens with zero attached hydrogens (tertiary/aromatic N) is 1. The third kappa shape index (κ3) is 5.31. The molecule has 2 amide bonds. The first-order valence-corrected chi connectivity index (χ1v) is 11.1. The van der Waals surface area contributed by atoms with Crippen LogP contribution in [0.2, 0.25) is 0 Å². The minimum atomic E-state index is -0.396. The normalized spacial score (nSPS) is 14.6. The van der Waals surface area contributed by atoms with Gasteiger partial charge in [0.2, 0.25) is 0 Å². The lowest BCUT2D eigenvalue weighted by Crippen LogP contribution is -2.39. The van der Waals surface area contributed by atoms with E-state index < -0.39 is 5.91 Å². The number of benzene rings is 2. The standard InChI is InChI=1S/C26H27N3O4/c1-33-21-12-11-19-15-20(25(31)27-22(19)17-21)16-23(26(32)29-13-7-2-3-8-14-29)28-24(30)18-9-5-4-6-10-18/h4-6,9-12,15-17H,2-3,7-8,13-14H2,1H3,(H,27,31)(H,28,30)/b23-16-. The summed E-state index contributed by atoms with van der Waals surface area (Å²) in [6.45, 7) is 1.26. The summed E-state index contributed by atoms with van der Waals surface area (Å²) < 4.78 is 5.22. The summed E-state index contributed by atoms with van der Waals surface area (Å²) in [5.41, 5.74) is 1.09. The highest BCUT2D eigenvalue weighted by molar-refractivity contribution is 6.05. The zero-order valence-corrected chi connectivity index (χ0v) is 18.6. The second kappa shape index (κ2) is 10.2. The number of fused-ring (bicyclic) bond motifs is 1. The van der Waals surface area contributed by atoms with E-state index >= 15 is 0 Å². The van der Waals surface area contributed by atoms with Gasteiger partial charge in [0.25, 0.3) is 17.4 Å². The van der Waals surface area contributed by atoms with E-state index in [1.54, 1.807) is 54.5 Å². The van der Waals surface area contributed by atoms with Crippen molar-refractivity contribution in [1.29, 1.82) is 0 Å². The van der Waals surface area contributed by atoms with Crippen molar-refractivity contribution >= 4 is 28.8 Å². The first-order valence-electron chi connectivity index (χ1n) is 11.1. The molecule has 0 aliphatic carbocycles. The van der Waals surface area contributed by atoms with Crippen molar-refractivity contribution in [3.63, 3.8) is 0 Å². The van der Waals surface area contributed by atoms with E-state index in [0.29, 0.717) is 35.5 Å². The van der Waals surface area contributed by atoms with Gasteiger partial charge in [0.15, 0.2) is 0 Å². The maximum Gasteiger partial charge on any atom is 0.270 e. The van der Waals surface area contributed by atoms with Crippen molar-refractivity contribution in [3.8, 4) is 5.75 Å². The fourth-order valence-electron chi connectivity index (χ4n) is 3.97. The second-order valence-electron chi connectivity index (χ2n) is 8.09. The molecule has 0 spiro atoms.